The van der Waals surface area contributed by atoms with E-state index in [-0.39, 0.29) is 18.1 Å². The minimum Gasteiger partial charge on any atom is -0.346 e. The highest BCUT2D eigenvalue weighted by Crippen LogP contribution is 2.20. The lowest BCUT2D eigenvalue weighted by molar-refractivity contribution is 0.0946. The van der Waals surface area contributed by atoms with Crippen molar-refractivity contribution in [1.29, 1.82) is 0 Å². The van der Waals surface area contributed by atoms with Crippen molar-refractivity contribution >= 4 is 17.4 Å². The van der Waals surface area contributed by atoms with Crippen LogP contribution in [0, 0.1) is 25.5 Å². The number of carbonyl (C=O) groups excluding carboxylic acids is 1. The molecule has 0 aliphatic rings. The first kappa shape index (κ1) is 17.5. The molecule has 0 saturated carbocycles. The van der Waals surface area contributed by atoms with Crippen molar-refractivity contribution in [3.05, 3.63) is 70.4 Å². The molecule has 26 heavy (non-hydrogen) atoms. The zero-order valence-electron chi connectivity index (χ0n) is 14.2. The summed E-state index contributed by atoms with van der Waals surface area (Å²) in [6.07, 6.45) is 0. The molecule has 0 spiro atoms. The summed E-state index contributed by atoms with van der Waals surface area (Å²) in [5, 5.41) is 15.8. The van der Waals surface area contributed by atoms with Gasteiger partial charge in [-0.05, 0) is 54.8 Å². The highest BCUT2D eigenvalue weighted by atomic mass is 19.1. The summed E-state index contributed by atoms with van der Waals surface area (Å²) in [6.45, 7) is 3.95. The number of benzene rings is 2. The third-order valence-corrected chi connectivity index (χ3v) is 3.91. The first-order valence-corrected chi connectivity index (χ1v) is 7.90. The number of nitrogens with zero attached hydrogens (tertiary/aromatic N) is 2. The largest absolute Gasteiger partial charge is 0.346 e. The predicted molar refractivity (Wildman–Crippen MR) is 93.1 cm³/mol. The number of hydrogen-bond donors (Lipinski definition) is 3. The van der Waals surface area contributed by atoms with Gasteiger partial charge in [-0.15, -0.1) is 10.2 Å². The van der Waals surface area contributed by atoms with E-state index < -0.39 is 17.5 Å². The van der Waals surface area contributed by atoms with Gasteiger partial charge in [0.05, 0.1) is 0 Å². The fourth-order valence-electron chi connectivity index (χ4n) is 2.41. The second kappa shape index (κ2) is 7.30. The van der Waals surface area contributed by atoms with E-state index in [1.165, 1.54) is 0 Å². The number of carbonyl (C=O) groups is 1. The van der Waals surface area contributed by atoms with E-state index in [4.69, 9.17) is 0 Å². The molecule has 1 aromatic heterocycles. The summed E-state index contributed by atoms with van der Waals surface area (Å²) in [5.41, 5.74) is 3.37. The Hall–Kier alpha value is -3.29. The lowest BCUT2D eigenvalue weighted by atomic mass is 10.1. The molecule has 2 aromatic carbocycles. The topological polar surface area (TPSA) is 82.7 Å². The maximum absolute atomic E-state index is 13.2. The van der Waals surface area contributed by atoms with Gasteiger partial charge in [-0.1, -0.05) is 6.07 Å². The van der Waals surface area contributed by atoms with Crippen LogP contribution >= 0.6 is 0 Å². The van der Waals surface area contributed by atoms with Crippen molar-refractivity contribution in [3.63, 3.8) is 0 Å². The molecule has 0 aliphatic carbocycles. The molecule has 1 amide bonds. The molecule has 0 saturated heterocycles. The number of aromatic amines is 1. The maximum atomic E-state index is 13.2. The second-order valence-electron chi connectivity index (χ2n) is 5.91. The average molecular weight is 357 g/mol. The Morgan fingerprint density at radius 1 is 1.04 bits per heavy atom. The van der Waals surface area contributed by atoms with E-state index in [2.05, 4.69) is 26.0 Å². The van der Waals surface area contributed by atoms with Crippen LogP contribution in [-0.2, 0) is 6.54 Å². The first-order valence-electron chi connectivity index (χ1n) is 7.90. The summed E-state index contributed by atoms with van der Waals surface area (Å²) >= 11 is 0. The van der Waals surface area contributed by atoms with Gasteiger partial charge in [0.25, 0.3) is 5.91 Å². The van der Waals surface area contributed by atoms with Gasteiger partial charge in [-0.25, -0.2) is 8.78 Å². The minimum absolute atomic E-state index is 0.0382. The van der Waals surface area contributed by atoms with Crippen LogP contribution in [0.4, 0.5) is 20.3 Å². The highest BCUT2D eigenvalue weighted by Gasteiger charge is 2.17. The van der Waals surface area contributed by atoms with Crippen LogP contribution in [0.2, 0.25) is 0 Å². The van der Waals surface area contributed by atoms with Gasteiger partial charge >= 0.3 is 0 Å². The molecule has 3 aromatic rings. The number of hydrogen-bond acceptors (Lipinski definition) is 4. The highest BCUT2D eigenvalue weighted by molar-refractivity contribution is 5.97. The van der Waals surface area contributed by atoms with Gasteiger partial charge in [-0.3, -0.25) is 4.79 Å². The molecule has 0 fully saturated rings. The van der Waals surface area contributed by atoms with Crippen molar-refractivity contribution in [2.45, 2.75) is 20.4 Å². The van der Waals surface area contributed by atoms with Gasteiger partial charge in [-0.2, -0.15) is 5.21 Å². The molecule has 8 heteroatoms. The number of nitrogens with one attached hydrogen (secondary N) is 3. The quantitative estimate of drug-likeness (QED) is 0.654. The van der Waals surface area contributed by atoms with E-state index >= 15 is 0 Å². The summed E-state index contributed by atoms with van der Waals surface area (Å²) in [7, 11) is 0. The van der Waals surface area contributed by atoms with E-state index in [1.807, 2.05) is 32.0 Å². The molecule has 3 rings (SSSR count). The molecule has 1 heterocycles. The second-order valence-corrected chi connectivity index (χ2v) is 5.91. The van der Waals surface area contributed by atoms with Gasteiger partial charge in [0.2, 0.25) is 0 Å². The summed E-state index contributed by atoms with van der Waals surface area (Å²) in [5.74, 6) is -1.66. The smallest absolute Gasteiger partial charge is 0.275 e. The Morgan fingerprint density at radius 3 is 2.46 bits per heavy atom. The molecule has 0 bridgehead atoms. The normalized spacial score (nSPS) is 10.6. The van der Waals surface area contributed by atoms with Gasteiger partial charge in [0.1, 0.15) is 11.6 Å². The third-order valence-electron chi connectivity index (χ3n) is 3.91. The first-order chi connectivity index (χ1) is 12.4. The Labute approximate surface area is 148 Å². The zero-order valence-corrected chi connectivity index (χ0v) is 14.2. The van der Waals surface area contributed by atoms with Crippen LogP contribution in [0.5, 0.6) is 0 Å². The van der Waals surface area contributed by atoms with Crippen molar-refractivity contribution < 1.29 is 13.6 Å². The number of anilines is 2. The lowest BCUT2D eigenvalue weighted by Crippen LogP contribution is -2.24. The third kappa shape index (κ3) is 4.02. The minimum atomic E-state index is -0.701. The molecule has 0 radical (unpaired) electrons. The SMILES string of the molecule is Cc1ccc(Nc2n[nH]nc2C(=O)NCc2cc(F)cc(F)c2)cc1C. The fraction of sp³-hybridized carbons (Fsp3) is 0.167. The van der Waals surface area contributed by atoms with E-state index in [9.17, 15) is 13.6 Å². The molecular weight excluding hydrogens is 340 g/mol. The Morgan fingerprint density at radius 2 is 1.77 bits per heavy atom. The predicted octanol–water partition coefficient (Wildman–Crippen LogP) is 3.37. The van der Waals surface area contributed by atoms with Crippen molar-refractivity contribution in [2.75, 3.05) is 5.32 Å². The summed E-state index contributed by atoms with van der Waals surface area (Å²) in [4.78, 5) is 12.3. The molecular formula is C18H17F2N5O. The molecule has 0 atom stereocenters. The van der Waals surface area contributed by atoms with Crippen LogP contribution in [-0.4, -0.2) is 21.3 Å². The van der Waals surface area contributed by atoms with Crippen LogP contribution in [0.1, 0.15) is 27.2 Å². The number of halogens is 2. The van der Waals surface area contributed by atoms with Crippen molar-refractivity contribution in [1.82, 2.24) is 20.7 Å². The average Bonchev–Trinajstić information content (AvgIpc) is 3.03. The van der Waals surface area contributed by atoms with Crippen molar-refractivity contribution in [2.24, 2.45) is 0 Å². The molecule has 3 N–H and O–H groups in total. The van der Waals surface area contributed by atoms with Gasteiger partial charge < -0.3 is 10.6 Å². The van der Waals surface area contributed by atoms with Crippen LogP contribution < -0.4 is 10.6 Å². The number of aryl methyl sites for hydroxylation is 2. The maximum Gasteiger partial charge on any atom is 0.275 e. The standard InChI is InChI=1S/C18H17F2N5O/c1-10-3-4-15(5-11(10)2)22-17-16(23-25-24-17)18(26)21-9-12-6-13(19)8-14(20)7-12/h3-8H,9H2,1-2H3,(H,21,26)(H2,22,23,24,25). The lowest BCUT2D eigenvalue weighted by Gasteiger charge is -2.08. The molecule has 0 aliphatic heterocycles. The van der Waals surface area contributed by atoms with E-state index in [0.29, 0.717) is 5.56 Å². The van der Waals surface area contributed by atoms with Gasteiger partial charge in [0, 0.05) is 18.3 Å². The number of aromatic nitrogens is 3. The van der Waals surface area contributed by atoms with Crippen molar-refractivity contribution in [3.8, 4) is 0 Å². The monoisotopic (exact) mass is 357 g/mol. The van der Waals surface area contributed by atoms with Crippen LogP contribution in [0.15, 0.2) is 36.4 Å². The Kier molecular flexibility index (Phi) is 4.92. The van der Waals surface area contributed by atoms with Crippen LogP contribution in [0.3, 0.4) is 0 Å². The summed E-state index contributed by atoms with van der Waals surface area (Å²) < 4.78 is 26.4. The molecule has 134 valence electrons. The summed E-state index contributed by atoms with van der Waals surface area (Å²) in [6, 6.07) is 8.83. The number of H-pyrrole nitrogens is 1. The van der Waals surface area contributed by atoms with E-state index in [0.717, 1.165) is 35.0 Å². The number of amides is 1. The van der Waals surface area contributed by atoms with Gasteiger partial charge in [0.15, 0.2) is 11.5 Å². The fourth-order valence-corrected chi connectivity index (χ4v) is 2.41. The Bertz CT molecular complexity index is 934. The Balaban J connectivity index is 1.70. The molecule has 6 nitrogen and oxygen atoms in total. The van der Waals surface area contributed by atoms with E-state index in [1.54, 1.807) is 0 Å². The van der Waals surface area contributed by atoms with Crippen LogP contribution in [0.25, 0.3) is 0 Å². The zero-order chi connectivity index (χ0) is 18.7. The number of rotatable bonds is 5. The molecule has 0 unspecified atom stereocenters.